The Balaban J connectivity index is 1.71. The number of halogens is 1. The number of anilines is 2. The lowest BCUT2D eigenvalue weighted by atomic mass is 10.1. The topological polar surface area (TPSA) is 63.2 Å². The van der Waals surface area contributed by atoms with Gasteiger partial charge in [0.1, 0.15) is 11.6 Å². The van der Waals surface area contributed by atoms with Crippen LogP contribution in [0.25, 0.3) is 0 Å². The molecule has 0 spiro atoms. The maximum atomic E-state index is 12.6. The van der Waals surface area contributed by atoms with Crippen LogP contribution in [0.5, 0.6) is 5.75 Å². The monoisotopic (exact) mass is 381 g/mol. The fraction of sp³-hybridized carbons (Fsp3) is 0.143. The third-order valence-corrected chi connectivity index (χ3v) is 4.36. The van der Waals surface area contributed by atoms with Gasteiger partial charge in [-0.05, 0) is 42.8 Å². The Morgan fingerprint density at radius 3 is 2.78 bits per heavy atom. The standard InChI is InChI=1S/C21H20ClN3O2/c1-14-7-8-17(22)12-18(14)25-21(26)15-9-10-23-20(11-15)24-13-16-5-3-4-6-19(16)27-2/h3-12H,13H2,1-2H3,(H,23,24)(H,25,26). The third kappa shape index (κ3) is 4.77. The smallest absolute Gasteiger partial charge is 0.255 e. The zero-order chi connectivity index (χ0) is 19.2. The number of aromatic nitrogens is 1. The molecule has 0 atom stereocenters. The summed E-state index contributed by atoms with van der Waals surface area (Å²) in [5, 5.41) is 6.68. The van der Waals surface area contributed by atoms with Gasteiger partial charge in [0.05, 0.1) is 7.11 Å². The molecule has 0 saturated heterocycles. The number of carbonyl (C=O) groups is 1. The fourth-order valence-corrected chi connectivity index (χ4v) is 2.80. The molecular weight excluding hydrogens is 362 g/mol. The maximum absolute atomic E-state index is 12.6. The number of methoxy groups -OCH3 is 1. The van der Waals surface area contributed by atoms with Crippen LogP contribution in [-0.4, -0.2) is 18.0 Å². The zero-order valence-corrected chi connectivity index (χ0v) is 15.9. The van der Waals surface area contributed by atoms with E-state index in [0.717, 1.165) is 16.9 Å². The van der Waals surface area contributed by atoms with Crippen molar-refractivity contribution in [1.29, 1.82) is 0 Å². The van der Waals surface area contributed by atoms with Crippen LogP contribution < -0.4 is 15.4 Å². The Labute approximate surface area is 163 Å². The highest BCUT2D eigenvalue weighted by Gasteiger charge is 2.10. The minimum Gasteiger partial charge on any atom is -0.496 e. The first kappa shape index (κ1) is 18.7. The second kappa shape index (κ2) is 8.56. The van der Waals surface area contributed by atoms with Gasteiger partial charge >= 0.3 is 0 Å². The predicted molar refractivity (Wildman–Crippen MR) is 109 cm³/mol. The Morgan fingerprint density at radius 1 is 1.15 bits per heavy atom. The van der Waals surface area contributed by atoms with Gasteiger partial charge in [-0.1, -0.05) is 35.9 Å². The van der Waals surface area contributed by atoms with Crippen LogP contribution in [0.4, 0.5) is 11.5 Å². The third-order valence-electron chi connectivity index (χ3n) is 4.12. The van der Waals surface area contributed by atoms with Gasteiger partial charge in [-0.3, -0.25) is 4.79 Å². The molecule has 3 rings (SSSR count). The molecule has 0 aliphatic rings. The lowest BCUT2D eigenvalue weighted by Crippen LogP contribution is -2.13. The van der Waals surface area contributed by atoms with E-state index < -0.39 is 0 Å². The van der Waals surface area contributed by atoms with Crippen molar-refractivity contribution in [3.05, 3.63) is 82.5 Å². The number of carbonyl (C=O) groups excluding carboxylic acids is 1. The Morgan fingerprint density at radius 2 is 1.96 bits per heavy atom. The van der Waals surface area contributed by atoms with E-state index in [1.807, 2.05) is 37.3 Å². The van der Waals surface area contributed by atoms with Crippen molar-refractivity contribution in [3.8, 4) is 5.75 Å². The van der Waals surface area contributed by atoms with Crippen LogP contribution in [0, 0.1) is 6.92 Å². The van der Waals surface area contributed by atoms with Crippen molar-refractivity contribution in [2.75, 3.05) is 17.7 Å². The molecule has 0 bridgehead atoms. The van der Waals surface area contributed by atoms with Crippen molar-refractivity contribution >= 4 is 29.0 Å². The summed E-state index contributed by atoms with van der Waals surface area (Å²) < 4.78 is 5.35. The molecule has 6 heteroatoms. The molecule has 0 saturated carbocycles. The highest BCUT2D eigenvalue weighted by atomic mass is 35.5. The summed E-state index contributed by atoms with van der Waals surface area (Å²) in [5.41, 5.74) is 3.14. The number of rotatable bonds is 6. The molecule has 0 unspecified atom stereocenters. The van der Waals surface area contributed by atoms with Gasteiger partial charge in [-0.15, -0.1) is 0 Å². The number of ether oxygens (including phenoxy) is 1. The van der Waals surface area contributed by atoms with Crippen LogP contribution in [0.1, 0.15) is 21.5 Å². The number of hydrogen-bond donors (Lipinski definition) is 2. The van der Waals surface area contributed by atoms with Gasteiger partial charge in [0, 0.05) is 34.6 Å². The van der Waals surface area contributed by atoms with Crippen LogP contribution in [0.15, 0.2) is 60.8 Å². The molecule has 0 radical (unpaired) electrons. The molecule has 0 aliphatic heterocycles. The van der Waals surface area contributed by atoms with Gasteiger partial charge in [0.2, 0.25) is 0 Å². The van der Waals surface area contributed by atoms with Gasteiger partial charge in [-0.2, -0.15) is 0 Å². The van der Waals surface area contributed by atoms with Gasteiger partial charge < -0.3 is 15.4 Å². The summed E-state index contributed by atoms with van der Waals surface area (Å²) in [6.07, 6.45) is 1.60. The van der Waals surface area contributed by atoms with E-state index in [9.17, 15) is 4.79 Å². The molecule has 1 heterocycles. The largest absolute Gasteiger partial charge is 0.496 e. The van der Waals surface area contributed by atoms with Crippen molar-refractivity contribution < 1.29 is 9.53 Å². The number of nitrogens with one attached hydrogen (secondary N) is 2. The normalized spacial score (nSPS) is 10.3. The zero-order valence-electron chi connectivity index (χ0n) is 15.1. The molecule has 0 fully saturated rings. The highest BCUT2D eigenvalue weighted by Crippen LogP contribution is 2.22. The van der Waals surface area contributed by atoms with E-state index in [4.69, 9.17) is 16.3 Å². The van der Waals surface area contributed by atoms with Crippen LogP contribution in [-0.2, 0) is 6.54 Å². The fourth-order valence-electron chi connectivity index (χ4n) is 2.63. The molecular formula is C21H20ClN3O2. The van der Waals surface area contributed by atoms with E-state index in [1.165, 1.54) is 0 Å². The van der Waals surface area contributed by atoms with Gasteiger partial charge in [0.25, 0.3) is 5.91 Å². The summed E-state index contributed by atoms with van der Waals surface area (Å²) >= 11 is 6.01. The number of hydrogen-bond acceptors (Lipinski definition) is 4. The summed E-state index contributed by atoms with van der Waals surface area (Å²) in [6, 6.07) is 16.5. The minimum absolute atomic E-state index is 0.219. The Bertz CT molecular complexity index is 960. The van der Waals surface area contributed by atoms with Gasteiger partial charge in [0.15, 0.2) is 0 Å². The van der Waals surface area contributed by atoms with Crippen molar-refractivity contribution in [2.45, 2.75) is 13.5 Å². The van der Waals surface area contributed by atoms with E-state index in [2.05, 4.69) is 15.6 Å². The van der Waals surface area contributed by atoms with Crippen molar-refractivity contribution in [3.63, 3.8) is 0 Å². The average molecular weight is 382 g/mol. The summed E-state index contributed by atoms with van der Waals surface area (Å²) in [7, 11) is 1.64. The second-order valence-electron chi connectivity index (χ2n) is 6.01. The Kier molecular flexibility index (Phi) is 5.94. The second-order valence-corrected chi connectivity index (χ2v) is 6.44. The number of aryl methyl sites for hydroxylation is 1. The average Bonchev–Trinajstić information content (AvgIpc) is 2.69. The molecule has 0 aliphatic carbocycles. The van der Waals surface area contributed by atoms with Crippen LogP contribution in [0.2, 0.25) is 5.02 Å². The first-order valence-electron chi connectivity index (χ1n) is 8.46. The molecule has 1 amide bonds. The summed E-state index contributed by atoms with van der Waals surface area (Å²) in [5.74, 6) is 1.19. The van der Waals surface area contributed by atoms with Crippen molar-refractivity contribution in [1.82, 2.24) is 4.98 Å². The number of pyridine rings is 1. The number of nitrogens with zero attached hydrogens (tertiary/aromatic N) is 1. The first-order chi connectivity index (χ1) is 13.1. The van der Waals surface area contributed by atoms with E-state index in [1.54, 1.807) is 37.6 Å². The maximum Gasteiger partial charge on any atom is 0.255 e. The molecule has 3 aromatic rings. The molecule has 138 valence electrons. The molecule has 1 aromatic heterocycles. The van der Waals surface area contributed by atoms with E-state index in [-0.39, 0.29) is 5.91 Å². The summed E-state index contributed by atoms with van der Waals surface area (Å²) in [4.78, 5) is 16.9. The Hall–Kier alpha value is -3.05. The predicted octanol–water partition coefficient (Wildman–Crippen LogP) is 4.92. The number of amides is 1. The highest BCUT2D eigenvalue weighted by molar-refractivity contribution is 6.31. The van der Waals surface area contributed by atoms with E-state index >= 15 is 0 Å². The lowest BCUT2D eigenvalue weighted by Gasteiger charge is -2.11. The number of para-hydroxylation sites is 1. The van der Waals surface area contributed by atoms with Crippen LogP contribution in [0.3, 0.4) is 0 Å². The molecule has 2 aromatic carbocycles. The molecule has 27 heavy (non-hydrogen) atoms. The first-order valence-corrected chi connectivity index (χ1v) is 8.84. The molecule has 2 N–H and O–H groups in total. The SMILES string of the molecule is COc1ccccc1CNc1cc(C(=O)Nc2cc(Cl)ccc2C)ccn1. The van der Waals surface area contributed by atoms with Crippen molar-refractivity contribution in [2.24, 2.45) is 0 Å². The lowest BCUT2D eigenvalue weighted by molar-refractivity contribution is 0.102. The van der Waals surface area contributed by atoms with Gasteiger partial charge in [-0.25, -0.2) is 4.98 Å². The van der Waals surface area contributed by atoms with Crippen LogP contribution >= 0.6 is 11.6 Å². The van der Waals surface area contributed by atoms with E-state index in [0.29, 0.717) is 28.6 Å². The number of benzene rings is 2. The molecule has 5 nitrogen and oxygen atoms in total. The minimum atomic E-state index is -0.219. The quantitative estimate of drug-likeness (QED) is 0.636. The summed E-state index contributed by atoms with van der Waals surface area (Å²) in [6.45, 7) is 2.45.